The maximum absolute atomic E-state index is 12.6. The predicted molar refractivity (Wildman–Crippen MR) is 100.0 cm³/mol. The van der Waals surface area contributed by atoms with Crippen molar-refractivity contribution in [3.05, 3.63) is 36.2 Å². The first-order valence-corrected chi connectivity index (χ1v) is 8.67. The first-order valence-electron chi connectivity index (χ1n) is 7.35. The van der Waals surface area contributed by atoms with Crippen LogP contribution in [0.5, 0.6) is 17.2 Å². The predicted octanol–water partition coefficient (Wildman–Crippen LogP) is -2.96. The number of nitrogens with zero attached hydrogens (tertiary/aromatic N) is 3. The summed E-state index contributed by atoms with van der Waals surface area (Å²) in [6.07, 6.45) is 1.52. The number of imidazole rings is 1. The third kappa shape index (κ3) is 6.84. The molecule has 0 fully saturated rings. The van der Waals surface area contributed by atoms with Crippen LogP contribution in [0.2, 0.25) is 0 Å². The van der Waals surface area contributed by atoms with Gasteiger partial charge < -0.3 is 40.6 Å². The molecule has 0 bridgehead atoms. The van der Waals surface area contributed by atoms with Gasteiger partial charge in [0, 0.05) is 17.4 Å². The van der Waals surface area contributed by atoms with Gasteiger partial charge in [-0.2, -0.15) is 8.78 Å². The third-order valence-corrected chi connectivity index (χ3v) is 4.57. The Morgan fingerprint density at radius 2 is 1.83 bits per heavy atom. The van der Waals surface area contributed by atoms with E-state index in [1.165, 1.54) is 38.6 Å². The number of aromatic nitrogens is 3. The van der Waals surface area contributed by atoms with Crippen LogP contribution >= 0.6 is 0 Å². The SMILES string of the molecule is COc1ccnc(C[S@](=O)c2nc3ccc(OC(F)F)cc3[n-]2)c1OC.O.O.O.[Na+]. The molecule has 0 saturated carbocycles. The number of methoxy groups -OCH3 is 2. The van der Waals surface area contributed by atoms with Crippen molar-refractivity contribution in [1.82, 2.24) is 15.0 Å². The number of benzene rings is 1. The van der Waals surface area contributed by atoms with Crippen LogP contribution < -0.4 is 48.8 Å². The van der Waals surface area contributed by atoms with Gasteiger partial charge in [-0.05, 0) is 23.2 Å². The number of pyridine rings is 1. The average molecular weight is 459 g/mol. The van der Waals surface area contributed by atoms with Gasteiger partial charge in [-0.1, -0.05) is 6.07 Å². The molecule has 30 heavy (non-hydrogen) atoms. The maximum atomic E-state index is 12.6. The van der Waals surface area contributed by atoms with Gasteiger partial charge in [0.05, 0.1) is 36.5 Å². The van der Waals surface area contributed by atoms with Crippen molar-refractivity contribution >= 4 is 21.8 Å². The van der Waals surface area contributed by atoms with Crippen LogP contribution in [0.3, 0.4) is 0 Å². The number of rotatable bonds is 7. The fourth-order valence-electron chi connectivity index (χ4n) is 2.34. The topological polar surface area (TPSA) is 179 Å². The van der Waals surface area contributed by atoms with Crippen molar-refractivity contribution in [3.63, 3.8) is 0 Å². The van der Waals surface area contributed by atoms with Crippen LogP contribution in [0.25, 0.3) is 11.0 Å². The van der Waals surface area contributed by atoms with E-state index in [1.54, 1.807) is 6.07 Å². The molecule has 6 N–H and O–H groups in total. The van der Waals surface area contributed by atoms with E-state index in [1.807, 2.05) is 0 Å². The summed E-state index contributed by atoms with van der Waals surface area (Å²) >= 11 is 0. The number of alkyl halides is 2. The summed E-state index contributed by atoms with van der Waals surface area (Å²) in [4.78, 5) is 12.5. The Labute approximate surface area is 194 Å². The van der Waals surface area contributed by atoms with Gasteiger partial charge >= 0.3 is 36.2 Å². The summed E-state index contributed by atoms with van der Waals surface area (Å²) in [6, 6.07) is 5.77. The molecule has 0 aliphatic carbocycles. The maximum Gasteiger partial charge on any atom is 1.00 e. The van der Waals surface area contributed by atoms with Crippen LogP contribution in [0.4, 0.5) is 8.78 Å². The molecular formula is C16H20F2N3NaO7S. The molecule has 0 unspecified atom stereocenters. The van der Waals surface area contributed by atoms with E-state index in [9.17, 15) is 13.0 Å². The second kappa shape index (κ2) is 13.4. The molecule has 2 heterocycles. The van der Waals surface area contributed by atoms with Gasteiger partial charge in [0.2, 0.25) is 0 Å². The minimum atomic E-state index is -2.93. The minimum absolute atomic E-state index is 0. The molecule has 2 aromatic heterocycles. The summed E-state index contributed by atoms with van der Waals surface area (Å²) in [5.41, 5.74) is 1.18. The summed E-state index contributed by atoms with van der Waals surface area (Å²) in [7, 11) is 1.34. The Kier molecular flexibility index (Phi) is 13.6. The molecule has 1 aromatic carbocycles. The molecule has 0 radical (unpaired) electrons. The van der Waals surface area contributed by atoms with E-state index < -0.39 is 17.4 Å². The van der Waals surface area contributed by atoms with Crippen LogP contribution in [-0.4, -0.2) is 51.4 Å². The Morgan fingerprint density at radius 1 is 1.13 bits per heavy atom. The molecule has 14 heteroatoms. The molecule has 0 aliphatic rings. The van der Waals surface area contributed by atoms with Gasteiger partial charge in [-0.3, -0.25) is 9.19 Å². The van der Waals surface area contributed by atoms with Gasteiger partial charge in [-0.25, -0.2) is 0 Å². The molecule has 0 amide bonds. The quantitative estimate of drug-likeness (QED) is 0.339. The first kappa shape index (κ1) is 30.3. The number of hydrogen-bond acceptors (Lipinski definition) is 6. The van der Waals surface area contributed by atoms with E-state index in [4.69, 9.17) is 9.47 Å². The van der Waals surface area contributed by atoms with E-state index in [2.05, 4.69) is 19.7 Å². The minimum Gasteiger partial charge on any atom is -0.493 e. The van der Waals surface area contributed by atoms with E-state index in [0.29, 0.717) is 28.2 Å². The Balaban J connectivity index is 0. The second-order valence-corrected chi connectivity index (χ2v) is 6.36. The fraction of sp³-hybridized carbons (Fsp3) is 0.250. The first-order chi connectivity index (χ1) is 12.5. The van der Waals surface area contributed by atoms with Crippen molar-refractivity contribution in [2.45, 2.75) is 17.5 Å². The van der Waals surface area contributed by atoms with Crippen molar-refractivity contribution in [3.8, 4) is 17.2 Å². The summed E-state index contributed by atoms with van der Waals surface area (Å²) in [5.74, 6) is 0.821. The Morgan fingerprint density at radius 3 is 2.43 bits per heavy atom. The number of halogens is 2. The monoisotopic (exact) mass is 459 g/mol. The van der Waals surface area contributed by atoms with E-state index >= 15 is 0 Å². The van der Waals surface area contributed by atoms with Crippen LogP contribution in [0, 0.1) is 0 Å². The average Bonchev–Trinajstić information content (AvgIpc) is 3.04. The number of fused-ring (bicyclic) bond motifs is 1. The molecular weight excluding hydrogens is 439 g/mol. The number of ether oxygens (including phenoxy) is 3. The molecule has 3 aromatic rings. The molecule has 0 saturated heterocycles. The zero-order chi connectivity index (χ0) is 18.7. The molecule has 0 aliphatic heterocycles. The zero-order valence-corrected chi connectivity index (χ0v) is 19.1. The van der Waals surface area contributed by atoms with Gasteiger partial charge in [0.25, 0.3) is 0 Å². The van der Waals surface area contributed by atoms with Crippen molar-refractivity contribution in [2.75, 3.05) is 14.2 Å². The largest absolute Gasteiger partial charge is 1.00 e. The Bertz CT molecular complexity index is 962. The molecule has 162 valence electrons. The summed E-state index contributed by atoms with van der Waals surface area (Å²) in [5, 5.41) is 0.0702. The molecule has 1 atom stereocenters. The van der Waals surface area contributed by atoms with Crippen LogP contribution in [-0.2, 0) is 16.6 Å². The second-order valence-electron chi connectivity index (χ2n) is 5.02. The molecule has 3 rings (SSSR count). The smallest absolute Gasteiger partial charge is 0.493 e. The Hall–Kier alpha value is -1.87. The van der Waals surface area contributed by atoms with Crippen molar-refractivity contribution in [2.24, 2.45) is 0 Å². The van der Waals surface area contributed by atoms with Crippen molar-refractivity contribution in [1.29, 1.82) is 0 Å². The van der Waals surface area contributed by atoms with Gasteiger partial charge in [0.15, 0.2) is 11.5 Å². The van der Waals surface area contributed by atoms with Gasteiger partial charge in [-0.15, -0.1) is 0 Å². The summed E-state index contributed by atoms with van der Waals surface area (Å²) < 4.78 is 52.0. The normalized spacial score (nSPS) is 10.7. The van der Waals surface area contributed by atoms with Crippen LogP contribution in [0.1, 0.15) is 5.69 Å². The third-order valence-electron chi connectivity index (χ3n) is 3.44. The van der Waals surface area contributed by atoms with Crippen LogP contribution in [0.15, 0.2) is 35.6 Å². The van der Waals surface area contributed by atoms with Crippen molar-refractivity contribution < 1.29 is 73.2 Å². The van der Waals surface area contributed by atoms with Gasteiger partial charge in [0.1, 0.15) is 5.75 Å². The number of hydrogen-bond donors (Lipinski definition) is 0. The van der Waals surface area contributed by atoms with E-state index in [0.717, 1.165) is 0 Å². The molecule has 0 spiro atoms. The standard InChI is InChI=1S/C16H14F2N3O4S.Na.3H2O/c1-23-13-5-6-19-12(14(13)24-2)8-26(22)16-20-10-4-3-9(25-15(17)18)7-11(10)21-16;;;;/h3-7,15H,8H2,1-2H3;;3*1H2/q-1;+1;;;/t26-;;;;/m0..../s1. The molecule has 10 nitrogen and oxygen atoms in total. The fourth-order valence-corrected chi connectivity index (χ4v) is 3.32. The van der Waals surface area contributed by atoms with E-state index in [-0.39, 0.29) is 62.6 Å². The zero-order valence-electron chi connectivity index (χ0n) is 16.3. The summed E-state index contributed by atoms with van der Waals surface area (Å²) in [6.45, 7) is -2.93.